The molecule has 0 bridgehead atoms. The SMILES string of the molecule is CCC(CCSC#N)c1ccc(C)cc1. The maximum absolute atomic E-state index is 8.47. The van der Waals surface area contributed by atoms with Gasteiger partial charge in [-0.1, -0.05) is 36.8 Å². The number of nitriles is 1. The van der Waals surface area contributed by atoms with Crippen LogP contribution in [0.4, 0.5) is 0 Å². The second-order valence-electron chi connectivity index (χ2n) is 3.74. The number of nitrogens with zero attached hydrogens (tertiary/aromatic N) is 1. The zero-order valence-electron chi connectivity index (χ0n) is 9.36. The van der Waals surface area contributed by atoms with Gasteiger partial charge >= 0.3 is 0 Å². The van der Waals surface area contributed by atoms with Crippen LogP contribution < -0.4 is 0 Å². The zero-order chi connectivity index (χ0) is 11.1. The van der Waals surface area contributed by atoms with Crippen molar-refractivity contribution >= 4 is 11.8 Å². The highest BCUT2D eigenvalue weighted by Gasteiger charge is 2.08. The third kappa shape index (κ3) is 3.97. The van der Waals surface area contributed by atoms with Crippen molar-refractivity contribution in [2.45, 2.75) is 32.6 Å². The van der Waals surface area contributed by atoms with E-state index in [4.69, 9.17) is 5.26 Å². The molecule has 1 nitrogen and oxygen atoms in total. The van der Waals surface area contributed by atoms with Crippen molar-refractivity contribution in [3.05, 3.63) is 35.4 Å². The van der Waals surface area contributed by atoms with E-state index in [2.05, 4.69) is 43.5 Å². The Kier molecular flexibility index (Phi) is 5.28. The molecule has 0 N–H and O–H groups in total. The van der Waals surface area contributed by atoms with Crippen LogP contribution in [-0.2, 0) is 0 Å². The number of thioether (sulfide) groups is 1. The molecule has 0 fully saturated rings. The minimum Gasteiger partial charge on any atom is -0.185 e. The molecule has 0 aromatic heterocycles. The summed E-state index contributed by atoms with van der Waals surface area (Å²) in [5.74, 6) is 1.54. The van der Waals surface area contributed by atoms with Crippen LogP contribution in [0.2, 0.25) is 0 Å². The first-order chi connectivity index (χ1) is 7.27. The minimum atomic E-state index is 0.603. The van der Waals surface area contributed by atoms with Crippen molar-refractivity contribution in [1.29, 1.82) is 5.26 Å². The molecular formula is C13H17NS. The summed E-state index contributed by atoms with van der Waals surface area (Å²) in [4.78, 5) is 0. The van der Waals surface area contributed by atoms with E-state index in [1.54, 1.807) is 0 Å². The van der Waals surface area contributed by atoms with E-state index in [9.17, 15) is 0 Å². The lowest BCUT2D eigenvalue weighted by molar-refractivity contribution is 0.647. The van der Waals surface area contributed by atoms with Gasteiger partial charge in [0.1, 0.15) is 5.40 Å². The molecule has 0 spiro atoms. The molecule has 0 amide bonds. The van der Waals surface area contributed by atoms with Crippen LogP contribution in [0.3, 0.4) is 0 Å². The Morgan fingerprint density at radius 3 is 2.53 bits per heavy atom. The van der Waals surface area contributed by atoms with Crippen LogP contribution in [0.25, 0.3) is 0 Å². The van der Waals surface area contributed by atoms with E-state index < -0.39 is 0 Å². The van der Waals surface area contributed by atoms with Gasteiger partial charge in [0, 0.05) is 5.75 Å². The number of benzene rings is 1. The van der Waals surface area contributed by atoms with Gasteiger partial charge < -0.3 is 0 Å². The lowest BCUT2D eigenvalue weighted by atomic mass is 9.93. The predicted molar refractivity (Wildman–Crippen MR) is 66.9 cm³/mol. The number of rotatable bonds is 5. The highest BCUT2D eigenvalue weighted by molar-refractivity contribution is 8.03. The molecule has 1 aromatic rings. The smallest absolute Gasteiger partial charge is 0.133 e. The van der Waals surface area contributed by atoms with Crippen LogP contribution in [0.15, 0.2) is 24.3 Å². The van der Waals surface area contributed by atoms with Crippen LogP contribution in [0.1, 0.15) is 36.8 Å². The topological polar surface area (TPSA) is 23.8 Å². The number of aryl methyl sites for hydroxylation is 1. The van der Waals surface area contributed by atoms with Crippen molar-refractivity contribution in [2.24, 2.45) is 0 Å². The first-order valence-corrected chi connectivity index (χ1v) is 6.34. The average Bonchev–Trinajstić information content (AvgIpc) is 2.26. The first-order valence-electron chi connectivity index (χ1n) is 5.35. The summed E-state index contributed by atoms with van der Waals surface area (Å²) in [6.07, 6.45) is 2.24. The van der Waals surface area contributed by atoms with Crippen LogP contribution in [-0.4, -0.2) is 5.75 Å². The highest BCUT2D eigenvalue weighted by atomic mass is 32.2. The van der Waals surface area contributed by atoms with Crippen molar-refractivity contribution in [3.63, 3.8) is 0 Å². The second-order valence-corrected chi connectivity index (χ2v) is 4.62. The van der Waals surface area contributed by atoms with Crippen molar-refractivity contribution in [1.82, 2.24) is 0 Å². The lowest BCUT2D eigenvalue weighted by Gasteiger charge is -2.14. The summed E-state index contributed by atoms with van der Waals surface area (Å²) in [6.45, 7) is 4.32. The van der Waals surface area contributed by atoms with Gasteiger partial charge in [-0.3, -0.25) is 0 Å². The van der Waals surface area contributed by atoms with E-state index in [0.29, 0.717) is 5.92 Å². The Bertz CT molecular complexity index is 323. The molecule has 0 saturated carbocycles. The van der Waals surface area contributed by atoms with Crippen LogP contribution >= 0.6 is 11.8 Å². The van der Waals surface area contributed by atoms with Gasteiger partial charge in [0.25, 0.3) is 0 Å². The Balaban J connectivity index is 2.58. The fourth-order valence-corrected chi connectivity index (χ4v) is 2.19. The van der Waals surface area contributed by atoms with Gasteiger partial charge in [-0.25, -0.2) is 0 Å². The van der Waals surface area contributed by atoms with Gasteiger partial charge in [-0.05, 0) is 43.0 Å². The monoisotopic (exact) mass is 219 g/mol. The third-order valence-corrected chi connectivity index (χ3v) is 3.24. The summed E-state index contributed by atoms with van der Waals surface area (Å²) >= 11 is 1.36. The third-order valence-electron chi connectivity index (χ3n) is 2.67. The van der Waals surface area contributed by atoms with Gasteiger partial charge in [0.2, 0.25) is 0 Å². The molecule has 2 heteroatoms. The minimum absolute atomic E-state index is 0.603. The summed E-state index contributed by atoms with van der Waals surface area (Å²) in [5, 5.41) is 10.6. The second kappa shape index (κ2) is 6.53. The lowest BCUT2D eigenvalue weighted by Crippen LogP contribution is -1.98. The summed E-state index contributed by atoms with van der Waals surface area (Å²) in [6, 6.07) is 8.74. The quantitative estimate of drug-likeness (QED) is 0.550. The summed E-state index contributed by atoms with van der Waals surface area (Å²) < 4.78 is 0. The van der Waals surface area contributed by atoms with Gasteiger partial charge in [0.05, 0.1) is 0 Å². The van der Waals surface area contributed by atoms with E-state index in [0.717, 1.165) is 18.6 Å². The molecule has 0 aliphatic heterocycles. The average molecular weight is 219 g/mol. The Morgan fingerprint density at radius 1 is 1.33 bits per heavy atom. The Hall–Kier alpha value is -0.940. The van der Waals surface area contributed by atoms with E-state index >= 15 is 0 Å². The molecule has 1 rings (SSSR count). The highest BCUT2D eigenvalue weighted by Crippen LogP contribution is 2.24. The van der Waals surface area contributed by atoms with Crippen LogP contribution in [0.5, 0.6) is 0 Å². The molecule has 0 aliphatic rings. The molecular weight excluding hydrogens is 202 g/mol. The summed E-state index contributed by atoms with van der Waals surface area (Å²) in [7, 11) is 0. The maximum atomic E-state index is 8.47. The number of hydrogen-bond donors (Lipinski definition) is 0. The van der Waals surface area contributed by atoms with E-state index in [1.165, 1.54) is 22.9 Å². The normalized spacial score (nSPS) is 12.1. The van der Waals surface area contributed by atoms with Crippen molar-refractivity contribution in [3.8, 4) is 5.40 Å². The van der Waals surface area contributed by atoms with Gasteiger partial charge in [-0.2, -0.15) is 5.26 Å². The molecule has 0 aliphatic carbocycles. The Labute approximate surface area is 96.5 Å². The molecule has 1 aromatic carbocycles. The van der Waals surface area contributed by atoms with Crippen molar-refractivity contribution < 1.29 is 0 Å². The predicted octanol–water partition coefficient (Wildman–Crippen LogP) is 4.09. The van der Waals surface area contributed by atoms with Gasteiger partial charge in [-0.15, -0.1) is 0 Å². The Morgan fingerprint density at radius 2 is 2.00 bits per heavy atom. The fourth-order valence-electron chi connectivity index (χ4n) is 1.69. The zero-order valence-corrected chi connectivity index (χ0v) is 10.2. The fraction of sp³-hybridized carbons (Fsp3) is 0.462. The van der Waals surface area contributed by atoms with E-state index in [1.807, 2.05) is 0 Å². The molecule has 0 saturated heterocycles. The van der Waals surface area contributed by atoms with Gasteiger partial charge in [0.15, 0.2) is 0 Å². The standard InChI is InChI=1S/C13H17NS/c1-3-12(8-9-15-10-14)13-6-4-11(2)5-7-13/h4-7,12H,3,8-9H2,1-2H3. The molecule has 1 unspecified atom stereocenters. The van der Waals surface area contributed by atoms with Crippen molar-refractivity contribution in [2.75, 3.05) is 5.75 Å². The molecule has 0 heterocycles. The van der Waals surface area contributed by atoms with E-state index in [-0.39, 0.29) is 0 Å². The maximum Gasteiger partial charge on any atom is 0.133 e. The number of hydrogen-bond acceptors (Lipinski definition) is 2. The molecule has 80 valence electrons. The van der Waals surface area contributed by atoms with Crippen LogP contribution in [0, 0.1) is 17.6 Å². The first kappa shape index (κ1) is 12.1. The number of thiocyanates is 1. The molecule has 1 atom stereocenters. The largest absolute Gasteiger partial charge is 0.185 e. The molecule has 0 radical (unpaired) electrons. The molecule has 15 heavy (non-hydrogen) atoms. The summed E-state index contributed by atoms with van der Waals surface area (Å²) in [5.41, 5.74) is 2.71.